The molecule has 4 amide bonds. The van der Waals surface area contributed by atoms with Gasteiger partial charge in [0.2, 0.25) is 21.8 Å². The number of thiophene rings is 1. The zero-order valence-electron chi connectivity index (χ0n) is 32.8. The molecule has 0 spiro atoms. The second kappa shape index (κ2) is 20.8. The van der Waals surface area contributed by atoms with Crippen LogP contribution >= 0.6 is 11.3 Å². The first kappa shape index (κ1) is 44.5. The van der Waals surface area contributed by atoms with E-state index < -0.39 is 52.1 Å². The fourth-order valence-electron chi connectivity index (χ4n) is 6.93. The molecular formula is C39H57N5O10S2. The van der Waals surface area contributed by atoms with Crippen molar-refractivity contribution < 1.29 is 47.0 Å². The number of carbonyl (C=O) groups is 5. The molecular weight excluding hydrogens is 763 g/mol. The summed E-state index contributed by atoms with van der Waals surface area (Å²) in [5, 5.41) is 16.5. The molecule has 0 saturated carbocycles. The van der Waals surface area contributed by atoms with Crippen LogP contribution in [0.2, 0.25) is 0 Å². The molecule has 2 aromatic rings. The van der Waals surface area contributed by atoms with Crippen LogP contribution in [0.4, 0.5) is 9.59 Å². The fraction of sp³-hybridized carbons (Fsp3) is 0.615. The smallest absolute Gasteiger partial charge is 0.410 e. The van der Waals surface area contributed by atoms with E-state index in [4.69, 9.17) is 9.47 Å². The van der Waals surface area contributed by atoms with E-state index in [0.29, 0.717) is 44.9 Å². The highest BCUT2D eigenvalue weighted by Crippen LogP contribution is 2.30. The highest BCUT2D eigenvalue weighted by atomic mass is 32.2. The first-order valence-electron chi connectivity index (χ1n) is 19.4. The number of carbonyl (C=O) groups excluding carboxylic acids is 4. The molecule has 2 fully saturated rings. The van der Waals surface area contributed by atoms with E-state index in [1.165, 1.54) is 28.4 Å². The highest BCUT2D eigenvalue weighted by Gasteiger charge is 2.31. The number of rotatable bonds is 17. The van der Waals surface area contributed by atoms with E-state index in [0.717, 1.165) is 49.0 Å². The van der Waals surface area contributed by atoms with Crippen molar-refractivity contribution in [1.29, 1.82) is 0 Å². The summed E-state index contributed by atoms with van der Waals surface area (Å²) in [7, 11) is -4.17. The Morgan fingerprint density at radius 3 is 2.00 bits per heavy atom. The molecule has 0 aliphatic carbocycles. The molecule has 0 bridgehead atoms. The van der Waals surface area contributed by atoms with Gasteiger partial charge in [0.05, 0.1) is 18.0 Å². The number of sulfonamides is 1. The average Bonchev–Trinajstić information content (AvgIpc) is 3.71. The Kier molecular flexibility index (Phi) is 16.5. The van der Waals surface area contributed by atoms with Crippen LogP contribution in [0.1, 0.15) is 79.1 Å². The second-order valence-electron chi connectivity index (χ2n) is 15.4. The van der Waals surface area contributed by atoms with Crippen LogP contribution in [0.15, 0.2) is 46.7 Å². The summed E-state index contributed by atoms with van der Waals surface area (Å²) in [5.74, 6) is -1.56. The third-order valence-electron chi connectivity index (χ3n) is 10.1. The Labute approximate surface area is 333 Å². The third-order valence-corrected chi connectivity index (χ3v) is 12.5. The van der Waals surface area contributed by atoms with Crippen molar-refractivity contribution in [2.45, 2.75) is 95.6 Å². The molecule has 1 unspecified atom stereocenters. The minimum Gasteiger partial charge on any atom is -0.465 e. The molecule has 2 saturated heterocycles. The number of benzene rings is 1. The van der Waals surface area contributed by atoms with Gasteiger partial charge in [-0.05, 0) is 120 Å². The molecule has 310 valence electrons. The topological polar surface area (TPSA) is 201 Å². The lowest BCUT2D eigenvalue weighted by atomic mass is 9.84. The first-order valence-corrected chi connectivity index (χ1v) is 21.7. The number of hydrogen-bond donors (Lipinski definition) is 4. The lowest BCUT2D eigenvalue weighted by Gasteiger charge is -2.34. The molecule has 17 heteroatoms. The van der Waals surface area contributed by atoms with Crippen molar-refractivity contribution >= 4 is 51.3 Å². The van der Waals surface area contributed by atoms with Gasteiger partial charge in [0.1, 0.15) is 11.6 Å². The molecule has 2 aliphatic rings. The summed E-state index contributed by atoms with van der Waals surface area (Å²) in [6, 6.07) is 8.63. The SMILES string of the molecule is CCOC(=O)[C@H](CNC(=O)CNC(=O)C(CCC1CCN(C(=O)O)CC1)CCC1CCN(C(=O)OC(C)(C)C)CC1)NS(=O)(=O)c1ccc(-c2cccs2)cc1. The number of hydrogen-bond acceptors (Lipinski definition) is 10. The number of amides is 4. The molecule has 2 atom stereocenters. The Hall–Kier alpha value is -4.22. The van der Waals surface area contributed by atoms with Crippen LogP contribution < -0.4 is 15.4 Å². The summed E-state index contributed by atoms with van der Waals surface area (Å²) in [6.45, 7) is 8.36. The number of likely N-dealkylation sites (tertiary alicyclic amines) is 2. The molecule has 4 rings (SSSR count). The molecule has 4 N–H and O–H groups in total. The van der Waals surface area contributed by atoms with Crippen LogP contribution in [0, 0.1) is 17.8 Å². The van der Waals surface area contributed by atoms with E-state index in [9.17, 15) is 37.5 Å². The van der Waals surface area contributed by atoms with Gasteiger partial charge in [0, 0.05) is 43.5 Å². The van der Waals surface area contributed by atoms with Crippen molar-refractivity contribution in [1.82, 2.24) is 25.2 Å². The Morgan fingerprint density at radius 1 is 0.893 bits per heavy atom. The van der Waals surface area contributed by atoms with E-state index in [-0.39, 0.29) is 36.0 Å². The fourth-order valence-corrected chi connectivity index (χ4v) is 8.84. The normalized spacial score (nSPS) is 16.8. The highest BCUT2D eigenvalue weighted by molar-refractivity contribution is 7.89. The number of ether oxygens (including phenoxy) is 2. The summed E-state index contributed by atoms with van der Waals surface area (Å²) in [6.07, 6.45) is 4.42. The third kappa shape index (κ3) is 14.1. The van der Waals surface area contributed by atoms with Crippen molar-refractivity contribution in [3.05, 3.63) is 41.8 Å². The van der Waals surface area contributed by atoms with Crippen LogP contribution in [0.3, 0.4) is 0 Å². The van der Waals surface area contributed by atoms with Crippen molar-refractivity contribution in [3.63, 3.8) is 0 Å². The van der Waals surface area contributed by atoms with Gasteiger partial charge in [0.15, 0.2) is 0 Å². The zero-order chi connectivity index (χ0) is 40.9. The molecule has 1 aromatic carbocycles. The Morgan fingerprint density at radius 2 is 1.48 bits per heavy atom. The Bertz CT molecular complexity index is 1710. The largest absolute Gasteiger partial charge is 0.465 e. The Balaban J connectivity index is 1.31. The van der Waals surface area contributed by atoms with E-state index >= 15 is 0 Å². The summed E-state index contributed by atoms with van der Waals surface area (Å²) < 4.78 is 39.4. The minimum absolute atomic E-state index is 0.000506. The lowest BCUT2D eigenvalue weighted by molar-refractivity contribution is -0.145. The average molecular weight is 820 g/mol. The zero-order valence-corrected chi connectivity index (χ0v) is 34.4. The number of esters is 1. The minimum atomic E-state index is -4.17. The van der Waals surface area contributed by atoms with Crippen LogP contribution in [-0.4, -0.2) is 111 Å². The van der Waals surface area contributed by atoms with E-state index in [1.807, 2.05) is 38.3 Å². The lowest BCUT2D eigenvalue weighted by Crippen LogP contribution is -2.50. The van der Waals surface area contributed by atoms with E-state index in [1.54, 1.807) is 24.0 Å². The summed E-state index contributed by atoms with van der Waals surface area (Å²) in [4.78, 5) is 67.2. The van der Waals surface area contributed by atoms with Crippen molar-refractivity contribution in [2.24, 2.45) is 17.8 Å². The van der Waals surface area contributed by atoms with Crippen LogP contribution in [-0.2, 0) is 33.9 Å². The van der Waals surface area contributed by atoms with Crippen molar-refractivity contribution in [2.75, 3.05) is 45.9 Å². The van der Waals surface area contributed by atoms with Gasteiger partial charge < -0.3 is 35.0 Å². The molecule has 3 heterocycles. The molecule has 0 radical (unpaired) electrons. The standard InChI is InChI=1S/C39H57N5O10S2/c1-5-53-36(47)32(42-56(51,52)31-14-12-29(13-15-31)33-7-6-24-55-33)25-40-34(45)26-41-35(46)30(10-8-27-16-20-43(21-17-27)37(48)49)11-9-28-18-22-44(23-19-28)38(50)54-39(2,3)4/h6-7,12-15,24,27-28,30,32,42H,5,8-11,16-23,25-26H2,1-4H3,(H,40,45)(H,41,46)(H,48,49)/t30?,32-/m0/s1. The summed E-state index contributed by atoms with van der Waals surface area (Å²) in [5.41, 5.74) is 0.271. The van der Waals surface area contributed by atoms with Gasteiger partial charge in [-0.2, -0.15) is 4.72 Å². The quantitative estimate of drug-likeness (QED) is 0.156. The number of nitrogens with one attached hydrogen (secondary N) is 3. The van der Waals surface area contributed by atoms with Crippen LogP contribution in [0.5, 0.6) is 0 Å². The predicted octanol–water partition coefficient (Wildman–Crippen LogP) is 5.07. The first-order chi connectivity index (χ1) is 26.5. The van der Waals surface area contributed by atoms with Gasteiger partial charge >= 0.3 is 18.2 Å². The molecule has 1 aromatic heterocycles. The predicted molar refractivity (Wildman–Crippen MR) is 211 cm³/mol. The van der Waals surface area contributed by atoms with Gasteiger partial charge in [-0.1, -0.05) is 18.2 Å². The van der Waals surface area contributed by atoms with Gasteiger partial charge in [-0.25, -0.2) is 18.0 Å². The maximum atomic E-state index is 13.6. The second-order valence-corrected chi connectivity index (χ2v) is 18.1. The van der Waals surface area contributed by atoms with Crippen LogP contribution in [0.25, 0.3) is 10.4 Å². The van der Waals surface area contributed by atoms with Gasteiger partial charge in [-0.15, -0.1) is 11.3 Å². The number of piperidine rings is 2. The number of nitrogens with zero attached hydrogens (tertiary/aromatic N) is 2. The maximum absolute atomic E-state index is 13.6. The van der Waals surface area contributed by atoms with Gasteiger partial charge in [0.25, 0.3) is 0 Å². The molecule has 2 aliphatic heterocycles. The monoisotopic (exact) mass is 819 g/mol. The molecule has 15 nitrogen and oxygen atoms in total. The molecule has 56 heavy (non-hydrogen) atoms. The van der Waals surface area contributed by atoms with Gasteiger partial charge in [-0.3, -0.25) is 14.4 Å². The van der Waals surface area contributed by atoms with Crippen molar-refractivity contribution in [3.8, 4) is 10.4 Å². The van der Waals surface area contributed by atoms with E-state index in [2.05, 4.69) is 15.4 Å². The number of carboxylic acid groups (broad SMARTS) is 1. The maximum Gasteiger partial charge on any atom is 0.410 e. The summed E-state index contributed by atoms with van der Waals surface area (Å²) >= 11 is 1.52.